The van der Waals surface area contributed by atoms with Gasteiger partial charge >= 0.3 is 6.18 Å². The summed E-state index contributed by atoms with van der Waals surface area (Å²) in [6.07, 6.45) is -1.86. The summed E-state index contributed by atoms with van der Waals surface area (Å²) in [6.45, 7) is 1.01. The fourth-order valence-electron chi connectivity index (χ4n) is 3.86. The number of ether oxygens (including phenoxy) is 1. The van der Waals surface area contributed by atoms with Crippen molar-refractivity contribution in [3.8, 4) is 16.9 Å². The van der Waals surface area contributed by atoms with Crippen molar-refractivity contribution in [1.82, 2.24) is 19.5 Å². The van der Waals surface area contributed by atoms with Crippen LogP contribution in [0.3, 0.4) is 0 Å². The number of rotatable bonds is 5. The number of hydrogen-bond acceptors (Lipinski definition) is 5. The smallest absolute Gasteiger partial charge is 0.397 e. The maximum atomic E-state index is 12.6. The molecule has 3 aromatic rings. The van der Waals surface area contributed by atoms with E-state index in [1.165, 1.54) is 11.9 Å². The molecule has 164 valence electrons. The average molecular weight is 433 g/mol. The number of carbonyl (C=O) groups is 1. The highest BCUT2D eigenvalue weighted by molar-refractivity contribution is 5.81. The lowest BCUT2D eigenvalue weighted by atomic mass is 10.1. The minimum atomic E-state index is -4.51. The molecule has 1 aliphatic rings. The maximum absolute atomic E-state index is 12.6. The molecule has 7 nitrogen and oxygen atoms in total. The summed E-state index contributed by atoms with van der Waals surface area (Å²) in [4.78, 5) is 19.9. The van der Waals surface area contributed by atoms with Gasteiger partial charge in [-0.25, -0.2) is 9.50 Å². The van der Waals surface area contributed by atoms with Crippen LogP contribution in [0.15, 0.2) is 42.7 Å². The predicted octanol–water partition coefficient (Wildman–Crippen LogP) is 3.39. The third-order valence-electron chi connectivity index (χ3n) is 5.53. The van der Waals surface area contributed by atoms with Crippen molar-refractivity contribution in [3.63, 3.8) is 0 Å². The van der Waals surface area contributed by atoms with Gasteiger partial charge in [0, 0.05) is 31.9 Å². The van der Waals surface area contributed by atoms with Gasteiger partial charge in [-0.3, -0.25) is 4.79 Å². The highest BCUT2D eigenvalue weighted by Crippen LogP contribution is 2.33. The summed E-state index contributed by atoms with van der Waals surface area (Å²) in [7, 11) is 3.03. The molecule has 1 saturated heterocycles. The van der Waals surface area contributed by atoms with E-state index >= 15 is 0 Å². The fourth-order valence-corrected chi connectivity index (χ4v) is 3.86. The largest absolute Gasteiger partial charge is 0.496 e. The van der Waals surface area contributed by atoms with Crippen molar-refractivity contribution >= 4 is 17.4 Å². The molecule has 0 spiro atoms. The Morgan fingerprint density at radius 3 is 2.77 bits per heavy atom. The van der Waals surface area contributed by atoms with Crippen LogP contribution in [-0.4, -0.2) is 64.9 Å². The van der Waals surface area contributed by atoms with Crippen molar-refractivity contribution in [2.45, 2.75) is 25.1 Å². The summed E-state index contributed by atoms with van der Waals surface area (Å²) >= 11 is 0. The Balaban J connectivity index is 1.56. The Bertz CT molecular complexity index is 1100. The zero-order chi connectivity index (χ0) is 22.2. The van der Waals surface area contributed by atoms with E-state index in [1.54, 1.807) is 24.0 Å². The molecular weight excluding hydrogens is 411 g/mol. The number of halogens is 3. The molecule has 0 saturated carbocycles. The van der Waals surface area contributed by atoms with Gasteiger partial charge in [0.2, 0.25) is 5.91 Å². The van der Waals surface area contributed by atoms with Gasteiger partial charge in [-0.15, -0.1) is 0 Å². The molecule has 31 heavy (non-hydrogen) atoms. The van der Waals surface area contributed by atoms with Gasteiger partial charge in [-0.2, -0.15) is 18.3 Å². The number of nitrogens with zero attached hydrogens (tertiary/aromatic N) is 5. The second kappa shape index (κ2) is 8.09. The summed E-state index contributed by atoms with van der Waals surface area (Å²) < 4.78 is 44.8. The van der Waals surface area contributed by atoms with Crippen molar-refractivity contribution < 1.29 is 22.7 Å². The number of anilines is 1. The van der Waals surface area contributed by atoms with E-state index in [1.807, 2.05) is 35.2 Å². The molecule has 4 rings (SSSR count). The molecule has 0 aliphatic carbocycles. The van der Waals surface area contributed by atoms with Crippen LogP contribution >= 0.6 is 0 Å². The zero-order valence-electron chi connectivity index (χ0n) is 17.1. The fraction of sp³-hybridized carbons (Fsp3) is 0.381. The van der Waals surface area contributed by atoms with Gasteiger partial charge < -0.3 is 14.5 Å². The number of para-hydroxylation sites is 1. The van der Waals surface area contributed by atoms with Crippen LogP contribution in [0.1, 0.15) is 12.8 Å². The molecule has 0 radical (unpaired) electrons. The number of fused-ring (bicyclic) bond motifs is 1. The van der Waals surface area contributed by atoms with Crippen molar-refractivity contribution in [2.75, 3.05) is 32.1 Å². The Kier molecular flexibility index (Phi) is 5.47. The lowest BCUT2D eigenvalue weighted by Crippen LogP contribution is -2.40. The average Bonchev–Trinajstić information content (AvgIpc) is 3.38. The molecule has 2 aromatic heterocycles. The van der Waals surface area contributed by atoms with Crippen LogP contribution in [0, 0.1) is 0 Å². The number of likely N-dealkylation sites (N-methyl/N-ethyl adjacent to an activating group) is 1. The Labute approximate surface area is 177 Å². The minimum Gasteiger partial charge on any atom is -0.496 e. The molecule has 1 aliphatic heterocycles. The number of methoxy groups -OCH3 is 1. The summed E-state index contributed by atoms with van der Waals surface area (Å²) in [5.41, 5.74) is 2.32. The second-order valence-corrected chi connectivity index (χ2v) is 7.50. The third-order valence-corrected chi connectivity index (χ3v) is 5.53. The van der Waals surface area contributed by atoms with Crippen LogP contribution in [0.25, 0.3) is 16.8 Å². The first kappa shape index (κ1) is 21.0. The van der Waals surface area contributed by atoms with Gasteiger partial charge in [-0.05, 0) is 18.6 Å². The lowest BCUT2D eigenvalue weighted by Gasteiger charge is -2.25. The molecule has 0 unspecified atom stereocenters. The first-order valence-corrected chi connectivity index (χ1v) is 9.82. The first-order chi connectivity index (χ1) is 14.8. The standard InChI is InChI=1S/C21H22F3N5O2/c1-27(19(30)11-21(22,23)24)14-7-9-28(13-14)18-8-10-29-20(26-18)16(12-25-29)15-5-3-4-6-17(15)31-2/h3-6,8,10,12,14H,7,9,11,13H2,1-2H3/t14-/m0/s1. The highest BCUT2D eigenvalue weighted by atomic mass is 19.4. The molecule has 1 fully saturated rings. The van der Waals surface area contributed by atoms with Crippen LogP contribution in [-0.2, 0) is 4.79 Å². The number of alkyl halides is 3. The van der Waals surface area contributed by atoms with Gasteiger partial charge in [0.25, 0.3) is 0 Å². The third kappa shape index (κ3) is 4.28. The Hall–Kier alpha value is -3.30. The second-order valence-electron chi connectivity index (χ2n) is 7.50. The number of amides is 1. The van der Waals surface area contributed by atoms with Crippen molar-refractivity contribution in [2.24, 2.45) is 0 Å². The van der Waals surface area contributed by atoms with Crippen LogP contribution in [0.2, 0.25) is 0 Å². The summed E-state index contributed by atoms with van der Waals surface area (Å²) in [5.74, 6) is 0.468. The van der Waals surface area contributed by atoms with Gasteiger partial charge in [-0.1, -0.05) is 18.2 Å². The predicted molar refractivity (Wildman–Crippen MR) is 109 cm³/mol. The molecule has 1 aromatic carbocycles. The zero-order valence-corrected chi connectivity index (χ0v) is 17.1. The van der Waals surface area contributed by atoms with Crippen molar-refractivity contribution in [1.29, 1.82) is 0 Å². The molecular formula is C21H22F3N5O2. The van der Waals surface area contributed by atoms with E-state index in [0.29, 0.717) is 36.7 Å². The number of benzene rings is 1. The van der Waals surface area contributed by atoms with Crippen LogP contribution < -0.4 is 9.64 Å². The van der Waals surface area contributed by atoms with Crippen molar-refractivity contribution in [3.05, 3.63) is 42.7 Å². The van der Waals surface area contributed by atoms with Crippen LogP contribution in [0.4, 0.5) is 19.0 Å². The quantitative estimate of drug-likeness (QED) is 0.617. The number of hydrogen-bond donors (Lipinski definition) is 0. The summed E-state index contributed by atoms with van der Waals surface area (Å²) in [6, 6.07) is 9.09. The number of carbonyl (C=O) groups excluding carboxylic acids is 1. The van der Waals surface area contributed by atoms with E-state index in [2.05, 4.69) is 5.10 Å². The topological polar surface area (TPSA) is 63.0 Å². The van der Waals surface area contributed by atoms with E-state index in [4.69, 9.17) is 9.72 Å². The van der Waals surface area contributed by atoms with E-state index < -0.39 is 18.5 Å². The minimum absolute atomic E-state index is 0.300. The molecule has 1 amide bonds. The molecule has 10 heteroatoms. The van der Waals surface area contributed by atoms with Gasteiger partial charge in [0.15, 0.2) is 5.65 Å². The normalized spacial score (nSPS) is 16.7. The van der Waals surface area contributed by atoms with E-state index in [-0.39, 0.29) is 6.04 Å². The van der Waals surface area contributed by atoms with Gasteiger partial charge in [0.05, 0.1) is 24.9 Å². The molecule has 0 N–H and O–H groups in total. The molecule has 3 heterocycles. The molecule has 1 atom stereocenters. The molecule has 0 bridgehead atoms. The Morgan fingerprint density at radius 2 is 2.03 bits per heavy atom. The first-order valence-electron chi connectivity index (χ1n) is 9.82. The van der Waals surface area contributed by atoms with Crippen LogP contribution in [0.5, 0.6) is 5.75 Å². The number of aromatic nitrogens is 3. The van der Waals surface area contributed by atoms with E-state index in [0.717, 1.165) is 11.1 Å². The maximum Gasteiger partial charge on any atom is 0.397 e. The van der Waals surface area contributed by atoms with E-state index in [9.17, 15) is 18.0 Å². The Morgan fingerprint density at radius 1 is 1.26 bits per heavy atom. The SMILES string of the molecule is COc1ccccc1-c1cnn2ccc(N3CC[C@H](N(C)C(=O)CC(F)(F)F)C3)nc12. The summed E-state index contributed by atoms with van der Waals surface area (Å²) in [5, 5.41) is 4.36. The monoisotopic (exact) mass is 433 g/mol. The highest BCUT2D eigenvalue weighted by Gasteiger charge is 2.36. The lowest BCUT2D eigenvalue weighted by molar-refractivity contribution is -0.161. The van der Waals surface area contributed by atoms with Gasteiger partial charge in [0.1, 0.15) is 18.0 Å².